The SMILES string of the molecule is CC(C)c1ccc(-c2nc(CSc3nnc(C[C@H]4CCS(=O)(=O)C4)o3)cs2)cc1. The van der Waals surface area contributed by atoms with Crippen LogP contribution >= 0.6 is 23.1 Å². The summed E-state index contributed by atoms with van der Waals surface area (Å²) in [5.74, 6) is 2.25. The number of aromatic nitrogens is 3. The Balaban J connectivity index is 1.33. The van der Waals surface area contributed by atoms with Gasteiger partial charge in [0.25, 0.3) is 5.22 Å². The molecule has 0 bridgehead atoms. The van der Waals surface area contributed by atoms with E-state index < -0.39 is 9.84 Å². The quantitative estimate of drug-likeness (QED) is 0.488. The highest BCUT2D eigenvalue weighted by Gasteiger charge is 2.29. The summed E-state index contributed by atoms with van der Waals surface area (Å²) in [6.07, 6.45) is 1.20. The molecule has 0 spiro atoms. The van der Waals surface area contributed by atoms with Crippen LogP contribution in [0.2, 0.25) is 0 Å². The van der Waals surface area contributed by atoms with Crippen LogP contribution in [0.15, 0.2) is 39.3 Å². The van der Waals surface area contributed by atoms with Gasteiger partial charge in [-0.3, -0.25) is 0 Å². The molecule has 154 valence electrons. The molecule has 2 aromatic heterocycles. The van der Waals surface area contributed by atoms with E-state index in [-0.39, 0.29) is 17.4 Å². The van der Waals surface area contributed by atoms with Crippen LogP contribution in [0.4, 0.5) is 0 Å². The third kappa shape index (κ3) is 5.26. The maximum absolute atomic E-state index is 11.6. The van der Waals surface area contributed by atoms with E-state index in [1.54, 1.807) is 11.3 Å². The third-order valence-electron chi connectivity index (χ3n) is 4.96. The molecular formula is C20H23N3O3S3. The lowest BCUT2D eigenvalue weighted by atomic mass is 10.0. The molecule has 1 aromatic carbocycles. The Morgan fingerprint density at radius 3 is 2.72 bits per heavy atom. The number of hydrogen-bond acceptors (Lipinski definition) is 8. The summed E-state index contributed by atoms with van der Waals surface area (Å²) in [5.41, 5.74) is 3.43. The van der Waals surface area contributed by atoms with E-state index in [9.17, 15) is 8.42 Å². The molecule has 4 rings (SSSR count). The van der Waals surface area contributed by atoms with Crippen LogP contribution in [0.1, 0.15) is 43.3 Å². The summed E-state index contributed by atoms with van der Waals surface area (Å²) in [5, 5.41) is 11.7. The highest BCUT2D eigenvalue weighted by molar-refractivity contribution is 7.98. The summed E-state index contributed by atoms with van der Waals surface area (Å²) in [6.45, 7) is 4.37. The molecule has 1 fully saturated rings. The maximum atomic E-state index is 11.6. The van der Waals surface area contributed by atoms with Gasteiger partial charge < -0.3 is 4.42 Å². The first-order valence-corrected chi connectivity index (χ1v) is 13.3. The molecule has 1 aliphatic rings. The van der Waals surface area contributed by atoms with Gasteiger partial charge in [0, 0.05) is 23.1 Å². The third-order valence-corrected chi connectivity index (χ3v) is 8.59. The van der Waals surface area contributed by atoms with Crippen LogP contribution in [-0.4, -0.2) is 35.1 Å². The zero-order valence-corrected chi connectivity index (χ0v) is 18.8. The lowest BCUT2D eigenvalue weighted by Crippen LogP contribution is -2.07. The zero-order chi connectivity index (χ0) is 20.4. The second kappa shape index (κ2) is 8.57. The van der Waals surface area contributed by atoms with E-state index in [0.717, 1.165) is 16.3 Å². The van der Waals surface area contributed by atoms with Gasteiger partial charge in [-0.15, -0.1) is 21.5 Å². The summed E-state index contributed by atoms with van der Waals surface area (Å²) >= 11 is 3.08. The number of thiazole rings is 1. The Kier molecular flexibility index (Phi) is 6.08. The lowest BCUT2D eigenvalue weighted by molar-refractivity contribution is 0.389. The van der Waals surface area contributed by atoms with Crippen molar-refractivity contribution in [1.82, 2.24) is 15.2 Å². The predicted molar refractivity (Wildman–Crippen MR) is 116 cm³/mol. The second-order valence-electron chi connectivity index (χ2n) is 7.64. The van der Waals surface area contributed by atoms with Crippen molar-refractivity contribution < 1.29 is 12.8 Å². The maximum Gasteiger partial charge on any atom is 0.276 e. The van der Waals surface area contributed by atoms with Gasteiger partial charge in [-0.25, -0.2) is 13.4 Å². The van der Waals surface area contributed by atoms with Gasteiger partial charge in [-0.05, 0) is 23.8 Å². The van der Waals surface area contributed by atoms with Gasteiger partial charge in [-0.2, -0.15) is 0 Å². The summed E-state index contributed by atoms with van der Waals surface area (Å²) in [6, 6.07) is 8.56. The molecule has 29 heavy (non-hydrogen) atoms. The molecule has 1 aliphatic heterocycles. The van der Waals surface area contributed by atoms with Gasteiger partial charge in [-0.1, -0.05) is 49.9 Å². The van der Waals surface area contributed by atoms with E-state index in [2.05, 4.69) is 53.7 Å². The molecular weight excluding hydrogens is 426 g/mol. The first-order valence-electron chi connectivity index (χ1n) is 9.58. The minimum atomic E-state index is -2.88. The number of hydrogen-bond donors (Lipinski definition) is 0. The summed E-state index contributed by atoms with van der Waals surface area (Å²) in [7, 11) is -2.88. The highest BCUT2D eigenvalue weighted by Crippen LogP contribution is 2.29. The van der Waals surface area contributed by atoms with Crippen LogP contribution < -0.4 is 0 Å². The van der Waals surface area contributed by atoms with Gasteiger partial charge in [0.15, 0.2) is 9.84 Å². The van der Waals surface area contributed by atoms with Crippen molar-refractivity contribution in [3.05, 3.63) is 46.8 Å². The Labute approximate surface area is 179 Å². The number of thioether (sulfide) groups is 1. The van der Waals surface area contributed by atoms with E-state index in [1.165, 1.54) is 17.3 Å². The monoisotopic (exact) mass is 449 g/mol. The Bertz CT molecular complexity index is 1070. The van der Waals surface area contributed by atoms with Crippen molar-refractivity contribution in [2.24, 2.45) is 5.92 Å². The van der Waals surface area contributed by atoms with Gasteiger partial charge in [0.05, 0.1) is 17.2 Å². The second-order valence-corrected chi connectivity index (χ2v) is 11.7. The zero-order valence-electron chi connectivity index (χ0n) is 16.4. The Morgan fingerprint density at radius 2 is 2.03 bits per heavy atom. The van der Waals surface area contributed by atoms with Crippen molar-refractivity contribution in [1.29, 1.82) is 0 Å². The van der Waals surface area contributed by atoms with Crippen molar-refractivity contribution in [2.45, 2.75) is 43.6 Å². The fourth-order valence-electron chi connectivity index (χ4n) is 3.31. The van der Waals surface area contributed by atoms with Crippen molar-refractivity contribution in [3.63, 3.8) is 0 Å². The number of sulfone groups is 1. The fourth-order valence-corrected chi connectivity index (χ4v) is 6.78. The highest BCUT2D eigenvalue weighted by atomic mass is 32.2. The molecule has 0 radical (unpaired) electrons. The van der Waals surface area contributed by atoms with Crippen LogP contribution in [0, 0.1) is 5.92 Å². The first-order chi connectivity index (χ1) is 13.9. The van der Waals surface area contributed by atoms with Crippen LogP contribution in [-0.2, 0) is 22.0 Å². The fraction of sp³-hybridized carbons (Fsp3) is 0.450. The molecule has 1 atom stereocenters. The van der Waals surface area contributed by atoms with E-state index in [1.807, 2.05) is 0 Å². The molecule has 3 heterocycles. The van der Waals surface area contributed by atoms with E-state index in [4.69, 9.17) is 9.40 Å². The van der Waals surface area contributed by atoms with Crippen LogP contribution in [0.25, 0.3) is 10.6 Å². The number of rotatable bonds is 7. The molecule has 0 N–H and O–H groups in total. The smallest absolute Gasteiger partial charge is 0.276 e. The summed E-state index contributed by atoms with van der Waals surface area (Å²) in [4.78, 5) is 4.72. The van der Waals surface area contributed by atoms with Crippen LogP contribution in [0.5, 0.6) is 0 Å². The predicted octanol–water partition coefficient (Wildman–Crippen LogP) is 4.59. The van der Waals surface area contributed by atoms with Crippen molar-refractivity contribution in [3.8, 4) is 10.6 Å². The molecule has 9 heteroatoms. The number of benzene rings is 1. The number of nitrogens with zero attached hydrogens (tertiary/aromatic N) is 3. The molecule has 0 amide bonds. The van der Waals surface area contributed by atoms with E-state index in [0.29, 0.717) is 35.6 Å². The Hall–Kier alpha value is -1.71. The van der Waals surface area contributed by atoms with Crippen molar-refractivity contribution >= 4 is 32.9 Å². The normalized spacial score (nSPS) is 18.5. The Morgan fingerprint density at radius 1 is 1.24 bits per heavy atom. The summed E-state index contributed by atoms with van der Waals surface area (Å²) < 4.78 is 28.8. The lowest BCUT2D eigenvalue weighted by Gasteiger charge is -2.05. The van der Waals surface area contributed by atoms with Gasteiger partial charge >= 0.3 is 0 Å². The molecule has 1 saturated heterocycles. The standard InChI is InChI=1S/C20H23N3O3S3/c1-13(2)15-3-5-16(6-4-15)19-21-17(10-27-19)11-28-20-23-22-18(26-20)9-14-7-8-29(24,25)12-14/h3-6,10,13-14H,7-9,11-12H2,1-2H3/t14-/m1/s1. The minimum absolute atomic E-state index is 0.0847. The molecule has 6 nitrogen and oxygen atoms in total. The van der Waals surface area contributed by atoms with E-state index >= 15 is 0 Å². The average Bonchev–Trinajstić information content (AvgIpc) is 3.41. The minimum Gasteiger partial charge on any atom is -0.416 e. The molecule has 0 saturated carbocycles. The van der Waals surface area contributed by atoms with Gasteiger partial charge in [0.2, 0.25) is 5.89 Å². The first kappa shape index (κ1) is 20.6. The average molecular weight is 450 g/mol. The van der Waals surface area contributed by atoms with Crippen LogP contribution in [0.3, 0.4) is 0 Å². The van der Waals surface area contributed by atoms with Crippen molar-refractivity contribution in [2.75, 3.05) is 11.5 Å². The topological polar surface area (TPSA) is 86.0 Å². The van der Waals surface area contributed by atoms with Gasteiger partial charge in [0.1, 0.15) is 5.01 Å². The molecule has 0 unspecified atom stereocenters. The molecule has 0 aliphatic carbocycles. The molecule has 3 aromatic rings. The largest absolute Gasteiger partial charge is 0.416 e.